The molecule has 4 nitrogen and oxygen atoms in total. The lowest BCUT2D eigenvalue weighted by molar-refractivity contribution is 0.137. The van der Waals surface area contributed by atoms with E-state index in [4.69, 9.17) is 5.11 Å². The minimum absolute atomic E-state index is 0.105. The number of aliphatic hydroxyl groups excluding tert-OH is 1. The fourth-order valence-corrected chi connectivity index (χ4v) is 1.20. The second-order valence-corrected chi connectivity index (χ2v) is 2.65. The van der Waals surface area contributed by atoms with Crippen molar-refractivity contribution in [2.75, 3.05) is 13.1 Å². The molecule has 0 bridgehead atoms. The van der Waals surface area contributed by atoms with Crippen LogP contribution in [-0.2, 0) is 0 Å². The fraction of sp³-hybridized carbons (Fsp3) is 0.571. The van der Waals surface area contributed by atoms with Crippen LogP contribution in [0.5, 0.6) is 0 Å². The van der Waals surface area contributed by atoms with Crippen molar-refractivity contribution in [2.45, 2.75) is 6.10 Å². The molecule has 0 radical (unpaired) electrons. The first-order valence-corrected chi connectivity index (χ1v) is 3.43. The molecule has 1 aliphatic heterocycles. The lowest BCUT2D eigenvalue weighted by Gasteiger charge is -2.08. The Kier molecular flexibility index (Phi) is 2.14. The van der Waals surface area contributed by atoms with Crippen molar-refractivity contribution >= 4 is 6.09 Å². The minimum atomic E-state index is -0.978. The van der Waals surface area contributed by atoms with Crippen LogP contribution in [-0.4, -0.2) is 40.4 Å². The van der Waals surface area contributed by atoms with Crippen LogP contribution in [0, 0.1) is 5.92 Å². The van der Waals surface area contributed by atoms with E-state index >= 15 is 0 Å². The van der Waals surface area contributed by atoms with E-state index in [1.807, 2.05) is 0 Å². The molecule has 1 heterocycles. The van der Waals surface area contributed by atoms with Crippen LogP contribution in [0.3, 0.4) is 0 Å². The largest absolute Gasteiger partial charge is 0.465 e. The molecule has 1 fully saturated rings. The molecule has 2 N–H and O–H groups in total. The molecule has 1 amide bonds. The molecule has 62 valence electrons. The summed E-state index contributed by atoms with van der Waals surface area (Å²) < 4.78 is 0. The maximum Gasteiger partial charge on any atom is 0.407 e. The fourth-order valence-electron chi connectivity index (χ4n) is 1.20. The Morgan fingerprint density at radius 3 is 2.55 bits per heavy atom. The monoisotopic (exact) mass is 157 g/mol. The number of hydrogen-bond acceptors (Lipinski definition) is 2. The average Bonchev–Trinajstić information content (AvgIpc) is 2.31. The van der Waals surface area contributed by atoms with E-state index < -0.39 is 12.2 Å². The predicted molar refractivity (Wildman–Crippen MR) is 39.3 cm³/mol. The Morgan fingerprint density at radius 1 is 1.64 bits per heavy atom. The van der Waals surface area contributed by atoms with Gasteiger partial charge in [0.05, 0.1) is 12.6 Å². The Bertz CT molecular complexity index is 181. The van der Waals surface area contributed by atoms with Gasteiger partial charge in [-0.25, -0.2) is 4.79 Å². The zero-order valence-corrected chi connectivity index (χ0v) is 6.10. The number of hydrogen-bond donors (Lipinski definition) is 2. The number of aliphatic hydroxyl groups is 1. The highest BCUT2D eigenvalue weighted by molar-refractivity contribution is 5.65. The molecule has 11 heavy (non-hydrogen) atoms. The van der Waals surface area contributed by atoms with Gasteiger partial charge in [0.2, 0.25) is 0 Å². The zero-order valence-electron chi connectivity index (χ0n) is 6.10. The number of carboxylic acid groups (broad SMARTS) is 1. The summed E-state index contributed by atoms with van der Waals surface area (Å²) in [6.07, 6.45) is 0.0325. The number of β-amino-alcohol motifs (C(OH)–C–C–N with tert-alkyl or cyclic N) is 1. The van der Waals surface area contributed by atoms with Crippen molar-refractivity contribution < 1.29 is 15.0 Å². The molecule has 0 spiro atoms. The van der Waals surface area contributed by atoms with Gasteiger partial charge in [0, 0.05) is 12.5 Å². The number of nitrogens with zero attached hydrogens (tertiary/aromatic N) is 1. The second kappa shape index (κ2) is 2.92. The third-order valence-electron chi connectivity index (χ3n) is 1.91. The Morgan fingerprint density at radius 2 is 2.27 bits per heavy atom. The lowest BCUT2D eigenvalue weighted by Crippen LogP contribution is -2.27. The topological polar surface area (TPSA) is 60.8 Å². The number of amides is 1. The van der Waals surface area contributed by atoms with E-state index in [1.165, 1.54) is 4.90 Å². The highest BCUT2D eigenvalue weighted by Gasteiger charge is 2.31. The van der Waals surface area contributed by atoms with Gasteiger partial charge >= 0.3 is 6.09 Å². The summed E-state index contributed by atoms with van der Waals surface area (Å²) in [4.78, 5) is 11.6. The van der Waals surface area contributed by atoms with Gasteiger partial charge in [-0.1, -0.05) is 6.08 Å². The minimum Gasteiger partial charge on any atom is -0.465 e. The highest BCUT2D eigenvalue weighted by Crippen LogP contribution is 2.17. The van der Waals surface area contributed by atoms with E-state index in [9.17, 15) is 9.90 Å². The van der Waals surface area contributed by atoms with Gasteiger partial charge in [-0.2, -0.15) is 0 Å². The molecule has 2 atom stereocenters. The predicted octanol–water partition coefficient (Wildman–Crippen LogP) is 0.143. The van der Waals surface area contributed by atoms with Gasteiger partial charge in [-0.3, -0.25) is 0 Å². The number of carbonyl (C=O) groups is 1. The van der Waals surface area contributed by atoms with Gasteiger partial charge in [0.25, 0.3) is 0 Å². The summed E-state index contributed by atoms with van der Waals surface area (Å²) in [6.45, 7) is 4.07. The molecular formula is C7H11NO3. The van der Waals surface area contributed by atoms with Crippen LogP contribution in [0.1, 0.15) is 0 Å². The maximum atomic E-state index is 10.4. The molecule has 4 heteroatoms. The van der Waals surface area contributed by atoms with Crippen LogP contribution >= 0.6 is 0 Å². The summed E-state index contributed by atoms with van der Waals surface area (Å²) in [5.74, 6) is -0.105. The summed E-state index contributed by atoms with van der Waals surface area (Å²) >= 11 is 0. The average molecular weight is 157 g/mol. The highest BCUT2D eigenvalue weighted by atomic mass is 16.4. The molecule has 0 aromatic heterocycles. The van der Waals surface area contributed by atoms with Gasteiger partial charge in [0.1, 0.15) is 0 Å². The summed E-state index contributed by atoms with van der Waals surface area (Å²) in [6, 6.07) is 0. The van der Waals surface area contributed by atoms with Crippen LogP contribution < -0.4 is 0 Å². The Hall–Kier alpha value is -1.03. The molecule has 0 aromatic carbocycles. The summed E-state index contributed by atoms with van der Waals surface area (Å²) in [7, 11) is 0. The normalized spacial score (nSPS) is 30.5. The molecule has 0 saturated carbocycles. The number of rotatable bonds is 1. The first kappa shape index (κ1) is 8.07. The van der Waals surface area contributed by atoms with Crippen molar-refractivity contribution in [3.05, 3.63) is 12.7 Å². The SMILES string of the molecule is C=CC1CN(C(=O)O)CC1O. The van der Waals surface area contributed by atoms with Crippen molar-refractivity contribution in [2.24, 2.45) is 5.92 Å². The van der Waals surface area contributed by atoms with Gasteiger partial charge in [0.15, 0.2) is 0 Å². The molecule has 1 aliphatic rings. The summed E-state index contributed by atoms with van der Waals surface area (Å²) in [5, 5.41) is 17.8. The molecular weight excluding hydrogens is 146 g/mol. The summed E-state index contributed by atoms with van der Waals surface area (Å²) in [5.41, 5.74) is 0. The van der Waals surface area contributed by atoms with Crippen LogP contribution in [0.2, 0.25) is 0 Å². The van der Waals surface area contributed by atoms with Gasteiger partial charge in [-0.05, 0) is 0 Å². The van der Waals surface area contributed by atoms with Crippen LogP contribution in [0.25, 0.3) is 0 Å². The van der Waals surface area contributed by atoms with Crippen molar-refractivity contribution in [1.29, 1.82) is 0 Å². The van der Waals surface area contributed by atoms with Crippen LogP contribution in [0.4, 0.5) is 4.79 Å². The number of likely N-dealkylation sites (tertiary alicyclic amines) is 1. The smallest absolute Gasteiger partial charge is 0.407 e. The lowest BCUT2D eigenvalue weighted by atomic mass is 10.1. The molecule has 1 saturated heterocycles. The van der Waals surface area contributed by atoms with Crippen molar-refractivity contribution in [3.8, 4) is 0 Å². The van der Waals surface area contributed by atoms with Gasteiger partial charge in [-0.15, -0.1) is 6.58 Å². The second-order valence-electron chi connectivity index (χ2n) is 2.65. The first-order valence-electron chi connectivity index (χ1n) is 3.43. The third-order valence-corrected chi connectivity index (χ3v) is 1.91. The molecule has 1 rings (SSSR count). The first-order chi connectivity index (χ1) is 5.15. The van der Waals surface area contributed by atoms with E-state index in [0.29, 0.717) is 6.54 Å². The van der Waals surface area contributed by atoms with E-state index in [-0.39, 0.29) is 12.5 Å². The van der Waals surface area contributed by atoms with Crippen LogP contribution in [0.15, 0.2) is 12.7 Å². The van der Waals surface area contributed by atoms with E-state index in [0.717, 1.165) is 0 Å². The standard InChI is InChI=1S/C7H11NO3/c1-2-5-3-8(7(10)11)4-6(5)9/h2,5-6,9H,1,3-4H2,(H,10,11). The van der Waals surface area contributed by atoms with E-state index in [2.05, 4.69) is 6.58 Å². The maximum absolute atomic E-state index is 10.4. The van der Waals surface area contributed by atoms with Crippen molar-refractivity contribution in [1.82, 2.24) is 4.90 Å². The molecule has 0 aliphatic carbocycles. The van der Waals surface area contributed by atoms with E-state index in [1.54, 1.807) is 6.08 Å². The quantitative estimate of drug-likeness (QED) is 0.532. The van der Waals surface area contributed by atoms with Gasteiger partial charge < -0.3 is 15.1 Å². The Labute approximate surface area is 64.7 Å². The van der Waals surface area contributed by atoms with Crippen molar-refractivity contribution in [3.63, 3.8) is 0 Å². The molecule has 0 aromatic rings. The molecule has 2 unspecified atom stereocenters. The third kappa shape index (κ3) is 1.51. The Balaban J connectivity index is 2.56. The zero-order chi connectivity index (χ0) is 8.43.